The Morgan fingerprint density at radius 1 is 0.970 bits per heavy atom. The van der Waals surface area contributed by atoms with Gasteiger partial charge in [-0.2, -0.15) is 0 Å². The Labute approximate surface area is 197 Å². The minimum atomic E-state index is -0.174. The number of hydrogen-bond acceptors (Lipinski definition) is 6. The van der Waals surface area contributed by atoms with Gasteiger partial charge in [-0.25, -0.2) is 0 Å². The van der Waals surface area contributed by atoms with Gasteiger partial charge in [0, 0.05) is 39.3 Å². The zero-order chi connectivity index (χ0) is 23.4. The van der Waals surface area contributed by atoms with Crippen molar-refractivity contribution in [3.05, 3.63) is 35.5 Å². The molecular formula is C26H37N3O4. The SMILES string of the molecule is CCOc1ccc(C2=C(N3CC(C)CC(C)C3)C(=O)N(CCCN3CCOCC3)C2=O)cc1. The second-order valence-corrected chi connectivity index (χ2v) is 9.60. The number of hydrogen-bond donors (Lipinski definition) is 0. The fourth-order valence-electron chi connectivity index (χ4n) is 5.33. The van der Waals surface area contributed by atoms with Crippen molar-refractivity contribution in [2.24, 2.45) is 11.8 Å². The van der Waals surface area contributed by atoms with Crippen LogP contribution in [0.5, 0.6) is 5.75 Å². The van der Waals surface area contributed by atoms with Crippen molar-refractivity contribution >= 4 is 17.4 Å². The van der Waals surface area contributed by atoms with Gasteiger partial charge in [-0.3, -0.25) is 19.4 Å². The molecule has 33 heavy (non-hydrogen) atoms. The third kappa shape index (κ3) is 5.41. The number of ether oxygens (including phenoxy) is 2. The molecule has 0 spiro atoms. The van der Waals surface area contributed by atoms with Crippen molar-refractivity contribution in [3.8, 4) is 5.75 Å². The molecule has 0 saturated carbocycles. The number of imide groups is 1. The summed E-state index contributed by atoms with van der Waals surface area (Å²) < 4.78 is 11.0. The molecule has 3 aliphatic heterocycles. The Morgan fingerprint density at radius 3 is 2.27 bits per heavy atom. The van der Waals surface area contributed by atoms with Gasteiger partial charge in [-0.1, -0.05) is 26.0 Å². The molecular weight excluding hydrogens is 418 g/mol. The van der Waals surface area contributed by atoms with Crippen molar-refractivity contribution in [1.29, 1.82) is 0 Å². The number of piperidine rings is 1. The highest BCUT2D eigenvalue weighted by Crippen LogP contribution is 2.35. The number of morpholine rings is 1. The van der Waals surface area contributed by atoms with E-state index < -0.39 is 0 Å². The summed E-state index contributed by atoms with van der Waals surface area (Å²) in [6, 6.07) is 7.56. The molecule has 1 aromatic carbocycles. The van der Waals surface area contributed by atoms with Crippen LogP contribution in [0.4, 0.5) is 0 Å². The Morgan fingerprint density at radius 2 is 1.64 bits per heavy atom. The fourth-order valence-corrected chi connectivity index (χ4v) is 5.33. The molecule has 3 aliphatic rings. The number of likely N-dealkylation sites (tertiary alicyclic amines) is 1. The van der Waals surface area contributed by atoms with Crippen molar-refractivity contribution in [2.75, 3.05) is 59.1 Å². The minimum Gasteiger partial charge on any atom is -0.494 e. The van der Waals surface area contributed by atoms with E-state index in [-0.39, 0.29) is 11.8 Å². The predicted octanol–water partition coefficient (Wildman–Crippen LogP) is 2.87. The molecule has 0 radical (unpaired) electrons. The molecule has 7 nitrogen and oxygen atoms in total. The first kappa shape index (κ1) is 23.8. The highest BCUT2D eigenvalue weighted by Gasteiger charge is 2.42. The molecule has 2 fully saturated rings. The van der Waals surface area contributed by atoms with Crippen LogP contribution in [0.2, 0.25) is 0 Å². The van der Waals surface area contributed by atoms with E-state index in [0.29, 0.717) is 36.3 Å². The van der Waals surface area contributed by atoms with Gasteiger partial charge in [0.25, 0.3) is 11.8 Å². The lowest BCUT2D eigenvalue weighted by molar-refractivity contribution is -0.137. The van der Waals surface area contributed by atoms with Gasteiger partial charge in [-0.15, -0.1) is 0 Å². The molecule has 0 N–H and O–H groups in total. The lowest BCUT2D eigenvalue weighted by Gasteiger charge is -2.37. The molecule has 4 rings (SSSR count). The molecule has 2 amide bonds. The molecule has 3 heterocycles. The normalized spacial score (nSPS) is 24.7. The van der Waals surface area contributed by atoms with Gasteiger partial charge in [0.15, 0.2) is 0 Å². The lowest BCUT2D eigenvalue weighted by atomic mass is 9.91. The third-order valence-electron chi connectivity index (χ3n) is 6.74. The van der Waals surface area contributed by atoms with Crippen LogP contribution in [0.25, 0.3) is 5.57 Å². The lowest BCUT2D eigenvalue weighted by Crippen LogP contribution is -2.42. The average molecular weight is 456 g/mol. The van der Waals surface area contributed by atoms with Crippen LogP contribution < -0.4 is 4.74 Å². The van der Waals surface area contributed by atoms with Crippen molar-refractivity contribution in [2.45, 2.75) is 33.6 Å². The van der Waals surface area contributed by atoms with E-state index in [9.17, 15) is 9.59 Å². The monoisotopic (exact) mass is 455 g/mol. The highest BCUT2D eigenvalue weighted by molar-refractivity contribution is 6.35. The summed E-state index contributed by atoms with van der Waals surface area (Å²) in [7, 11) is 0. The first-order valence-corrected chi connectivity index (χ1v) is 12.4. The van der Waals surface area contributed by atoms with Crippen molar-refractivity contribution < 1.29 is 19.1 Å². The topological polar surface area (TPSA) is 62.3 Å². The zero-order valence-corrected chi connectivity index (χ0v) is 20.2. The number of carbonyl (C=O) groups excluding carboxylic acids is 2. The Balaban J connectivity index is 1.57. The summed E-state index contributed by atoms with van der Waals surface area (Å²) in [5.41, 5.74) is 1.90. The summed E-state index contributed by atoms with van der Waals surface area (Å²) in [6.45, 7) is 13.2. The number of amides is 2. The summed E-state index contributed by atoms with van der Waals surface area (Å²) in [4.78, 5) is 33.2. The number of benzene rings is 1. The molecule has 0 aromatic heterocycles. The number of carbonyl (C=O) groups is 2. The smallest absolute Gasteiger partial charge is 0.277 e. The van der Waals surface area contributed by atoms with Crippen LogP contribution in [0, 0.1) is 11.8 Å². The van der Waals surface area contributed by atoms with Crippen LogP contribution in [0.1, 0.15) is 39.2 Å². The van der Waals surface area contributed by atoms with E-state index in [1.54, 1.807) is 0 Å². The molecule has 0 aliphatic carbocycles. The maximum atomic E-state index is 13.6. The van der Waals surface area contributed by atoms with Crippen molar-refractivity contribution in [3.63, 3.8) is 0 Å². The summed E-state index contributed by atoms with van der Waals surface area (Å²) >= 11 is 0. The summed E-state index contributed by atoms with van der Waals surface area (Å²) in [5, 5.41) is 0. The van der Waals surface area contributed by atoms with E-state index in [1.165, 1.54) is 4.90 Å². The van der Waals surface area contributed by atoms with Crippen LogP contribution in [-0.2, 0) is 14.3 Å². The van der Waals surface area contributed by atoms with Gasteiger partial charge in [0.05, 0.1) is 25.4 Å². The van der Waals surface area contributed by atoms with Gasteiger partial charge in [0.2, 0.25) is 0 Å². The number of nitrogens with zero attached hydrogens (tertiary/aromatic N) is 3. The fraction of sp³-hybridized carbons (Fsp3) is 0.615. The van der Waals surface area contributed by atoms with Crippen molar-refractivity contribution in [1.82, 2.24) is 14.7 Å². The molecule has 2 saturated heterocycles. The van der Waals surface area contributed by atoms with Gasteiger partial charge in [-0.05, 0) is 49.3 Å². The van der Waals surface area contributed by atoms with E-state index in [1.807, 2.05) is 31.2 Å². The minimum absolute atomic E-state index is 0.146. The summed E-state index contributed by atoms with van der Waals surface area (Å²) in [6.07, 6.45) is 1.92. The quantitative estimate of drug-likeness (QED) is 0.562. The molecule has 180 valence electrons. The van der Waals surface area contributed by atoms with Gasteiger partial charge in [0.1, 0.15) is 11.4 Å². The first-order chi connectivity index (χ1) is 16.0. The van der Waals surface area contributed by atoms with Crippen LogP contribution in [0.15, 0.2) is 30.0 Å². The summed E-state index contributed by atoms with van der Waals surface area (Å²) in [5.74, 6) is 1.42. The standard InChI is InChI=1S/C26H37N3O4/c1-4-33-22-8-6-21(7-9-22)23-24(28-17-19(2)16-20(3)18-28)26(31)29(25(23)30)11-5-10-27-12-14-32-15-13-27/h6-9,19-20H,4-5,10-18H2,1-3H3. The maximum Gasteiger partial charge on any atom is 0.277 e. The van der Waals surface area contributed by atoms with Crippen LogP contribution in [-0.4, -0.2) is 85.6 Å². The zero-order valence-electron chi connectivity index (χ0n) is 20.2. The third-order valence-corrected chi connectivity index (χ3v) is 6.74. The van der Waals surface area contributed by atoms with E-state index >= 15 is 0 Å². The van der Waals surface area contributed by atoms with E-state index in [0.717, 1.165) is 70.1 Å². The molecule has 2 unspecified atom stereocenters. The van der Waals surface area contributed by atoms with Crippen LogP contribution in [0.3, 0.4) is 0 Å². The molecule has 0 bridgehead atoms. The Bertz CT molecular complexity index is 866. The average Bonchev–Trinajstić information content (AvgIpc) is 3.05. The molecule has 2 atom stereocenters. The Hall–Kier alpha value is -2.38. The molecule has 1 aromatic rings. The molecule has 7 heteroatoms. The van der Waals surface area contributed by atoms with Gasteiger partial charge >= 0.3 is 0 Å². The van der Waals surface area contributed by atoms with E-state index in [2.05, 4.69) is 23.6 Å². The highest BCUT2D eigenvalue weighted by atomic mass is 16.5. The largest absolute Gasteiger partial charge is 0.494 e. The first-order valence-electron chi connectivity index (χ1n) is 12.4. The maximum absolute atomic E-state index is 13.6. The predicted molar refractivity (Wildman–Crippen MR) is 128 cm³/mol. The van der Waals surface area contributed by atoms with E-state index in [4.69, 9.17) is 9.47 Å². The van der Waals surface area contributed by atoms with Crippen LogP contribution >= 0.6 is 0 Å². The number of rotatable bonds is 8. The Kier molecular flexibility index (Phi) is 7.71. The second kappa shape index (κ2) is 10.7. The van der Waals surface area contributed by atoms with Gasteiger partial charge < -0.3 is 14.4 Å². The second-order valence-electron chi connectivity index (χ2n) is 9.60.